The van der Waals surface area contributed by atoms with E-state index in [1.165, 1.54) is 4.90 Å². The molecule has 1 aromatic carbocycles. The van der Waals surface area contributed by atoms with E-state index in [1.807, 2.05) is 19.1 Å². The van der Waals surface area contributed by atoms with Gasteiger partial charge in [0.1, 0.15) is 18.1 Å². The standard InChI is InChI=1S/C17H19N5O3/c1-2-14-18-19-15-9-20(7-8-21(14)15)16(23)10-22-12-5-3-4-6-13(12)25-11-17(22)24/h3-6H,2,7-11H2,1H3. The molecule has 3 heterocycles. The number of hydrogen-bond donors (Lipinski definition) is 0. The molecule has 0 spiro atoms. The van der Waals surface area contributed by atoms with Gasteiger partial charge >= 0.3 is 0 Å². The fourth-order valence-electron chi connectivity index (χ4n) is 3.25. The summed E-state index contributed by atoms with van der Waals surface area (Å²) in [7, 11) is 0. The molecular weight excluding hydrogens is 322 g/mol. The van der Waals surface area contributed by atoms with Crippen LogP contribution < -0.4 is 9.64 Å². The molecular formula is C17H19N5O3. The van der Waals surface area contributed by atoms with Crippen molar-refractivity contribution in [3.63, 3.8) is 0 Å². The monoisotopic (exact) mass is 341 g/mol. The van der Waals surface area contributed by atoms with Crippen LogP contribution in [0.3, 0.4) is 0 Å². The van der Waals surface area contributed by atoms with Crippen LogP contribution in [0.1, 0.15) is 18.6 Å². The third-order valence-electron chi connectivity index (χ3n) is 4.60. The summed E-state index contributed by atoms with van der Waals surface area (Å²) < 4.78 is 7.49. The van der Waals surface area contributed by atoms with Gasteiger partial charge in [-0.25, -0.2) is 0 Å². The molecule has 2 aliphatic rings. The number of carbonyl (C=O) groups excluding carboxylic acids is 2. The fourth-order valence-corrected chi connectivity index (χ4v) is 3.25. The molecule has 2 aromatic rings. The van der Waals surface area contributed by atoms with Crippen LogP contribution in [-0.2, 0) is 29.1 Å². The first-order valence-corrected chi connectivity index (χ1v) is 8.38. The van der Waals surface area contributed by atoms with Crippen LogP contribution in [0.2, 0.25) is 0 Å². The normalized spacial score (nSPS) is 16.3. The first-order valence-electron chi connectivity index (χ1n) is 8.38. The third-order valence-corrected chi connectivity index (χ3v) is 4.60. The van der Waals surface area contributed by atoms with E-state index in [1.54, 1.807) is 17.0 Å². The Hall–Kier alpha value is -2.90. The van der Waals surface area contributed by atoms with Crippen LogP contribution in [0.15, 0.2) is 24.3 Å². The Morgan fingerprint density at radius 2 is 2.08 bits per heavy atom. The van der Waals surface area contributed by atoms with E-state index in [9.17, 15) is 9.59 Å². The maximum absolute atomic E-state index is 12.7. The summed E-state index contributed by atoms with van der Waals surface area (Å²) in [6, 6.07) is 7.26. The molecule has 25 heavy (non-hydrogen) atoms. The van der Waals surface area contributed by atoms with Gasteiger partial charge in [0.15, 0.2) is 12.4 Å². The summed E-state index contributed by atoms with van der Waals surface area (Å²) in [5.74, 6) is 2.06. The van der Waals surface area contributed by atoms with Gasteiger partial charge in [-0.15, -0.1) is 10.2 Å². The number of amides is 2. The van der Waals surface area contributed by atoms with Crippen molar-refractivity contribution in [3.05, 3.63) is 35.9 Å². The maximum Gasteiger partial charge on any atom is 0.265 e. The van der Waals surface area contributed by atoms with Gasteiger partial charge in [-0.3, -0.25) is 14.5 Å². The zero-order chi connectivity index (χ0) is 17.4. The Morgan fingerprint density at radius 3 is 2.92 bits per heavy atom. The highest BCUT2D eigenvalue weighted by atomic mass is 16.5. The Morgan fingerprint density at radius 1 is 1.24 bits per heavy atom. The number of aryl methyl sites for hydroxylation is 1. The molecule has 0 radical (unpaired) electrons. The predicted molar refractivity (Wildman–Crippen MR) is 89.1 cm³/mol. The zero-order valence-electron chi connectivity index (χ0n) is 14.0. The number of hydrogen-bond acceptors (Lipinski definition) is 5. The highest BCUT2D eigenvalue weighted by Crippen LogP contribution is 2.31. The zero-order valence-corrected chi connectivity index (χ0v) is 14.0. The number of aromatic nitrogens is 3. The lowest BCUT2D eigenvalue weighted by Gasteiger charge is -2.32. The van der Waals surface area contributed by atoms with Gasteiger partial charge in [-0.05, 0) is 12.1 Å². The molecule has 4 rings (SSSR count). The summed E-state index contributed by atoms with van der Waals surface area (Å²) in [6.07, 6.45) is 0.819. The molecule has 0 saturated carbocycles. The largest absolute Gasteiger partial charge is 0.482 e. The van der Waals surface area contributed by atoms with Crippen LogP contribution >= 0.6 is 0 Å². The number of carbonyl (C=O) groups is 2. The quantitative estimate of drug-likeness (QED) is 0.817. The van der Waals surface area contributed by atoms with Crippen molar-refractivity contribution in [1.29, 1.82) is 0 Å². The molecule has 1 aromatic heterocycles. The lowest BCUT2D eigenvalue weighted by Crippen LogP contribution is -2.48. The van der Waals surface area contributed by atoms with E-state index < -0.39 is 0 Å². The number of nitrogens with zero attached hydrogens (tertiary/aromatic N) is 5. The predicted octanol–water partition coefficient (Wildman–Crippen LogP) is 0.608. The number of para-hydroxylation sites is 2. The second-order valence-corrected chi connectivity index (χ2v) is 6.09. The second kappa shape index (κ2) is 6.19. The van der Waals surface area contributed by atoms with Crippen molar-refractivity contribution < 1.29 is 14.3 Å². The number of anilines is 1. The van der Waals surface area contributed by atoms with Crippen molar-refractivity contribution in [2.75, 3.05) is 24.6 Å². The molecule has 0 atom stereocenters. The summed E-state index contributed by atoms with van der Waals surface area (Å²) in [5, 5.41) is 8.34. The van der Waals surface area contributed by atoms with Gasteiger partial charge in [0, 0.05) is 19.5 Å². The Kier molecular flexibility index (Phi) is 3.87. The minimum Gasteiger partial charge on any atom is -0.482 e. The van der Waals surface area contributed by atoms with Crippen molar-refractivity contribution in [2.24, 2.45) is 0 Å². The van der Waals surface area contributed by atoms with Crippen molar-refractivity contribution in [2.45, 2.75) is 26.4 Å². The van der Waals surface area contributed by atoms with Crippen LogP contribution in [0.25, 0.3) is 0 Å². The molecule has 130 valence electrons. The molecule has 0 bridgehead atoms. The third kappa shape index (κ3) is 2.73. The van der Waals surface area contributed by atoms with Crippen LogP contribution in [0.4, 0.5) is 5.69 Å². The topological polar surface area (TPSA) is 80.6 Å². The Labute approximate surface area is 145 Å². The molecule has 0 unspecified atom stereocenters. The molecule has 2 aliphatic heterocycles. The number of benzene rings is 1. The van der Waals surface area contributed by atoms with Crippen LogP contribution in [0.5, 0.6) is 5.75 Å². The van der Waals surface area contributed by atoms with Gasteiger partial charge in [0.25, 0.3) is 5.91 Å². The lowest BCUT2D eigenvalue weighted by atomic mass is 10.2. The van der Waals surface area contributed by atoms with Crippen molar-refractivity contribution >= 4 is 17.5 Å². The Bertz CT molecular complexity index is 831. The van der Waals surface area contributed by atoms with Crippen LogP contribution in [0, 0.1) is 0 Å². The van der Waals surface area contributed by atoms with Crippen molar-refractivity contribution in [1.82, 2.24) is 19.7 Å². The van der Waals surface area contributed by atoms with Crippen molar-refractivity contribution in [3.8, 4) is 5.75 Å². The number of ether oxygens (including phenoxy) is 1. The average molecular weight is 341 g/mol. The minimum atomic E-state index is -0.208. The van der Waals surface area contributed by atoms with Gasteiger partial charge in [0.2, 0.25) is 5.91 Å². The molecule has 8 nitrogen and oxygen atoms in total. The summed E-state index contributed by atoms with van der Waals surface area (Å²) >= 11 is 0. The van der Waals surface area contributed by atoms with Gasteiger partial charge in [-0.1, -0.05) is 19.1 Å². The first kappa shape index (κ1) is 15.6. The van der Waals surface area contributed by atoms with E-state index in [0.717, 1.165) is 18.1 Å². The SMILES string of the molecule is CCc1nnc2n1CCN(C(=O)CN1C(=O)COc3ccccc31)C2. The summed E-state index contributed by atoms with van der Waals surface area (Å²) in [6.45, 7) is 3.71. The molecule has 0 fully saturated rings. The van der Waals surface area contributed by atoms with E-state index in [0.29, 0.717) is 31.1 Å². The van der Waals surface area contributed by atoms with E-state index in [4.69, 9.17) is 4.74 Å². The maximum atomic E-state index is 12.7. The summed E-state index contributed by atoms with van der Waals surface area (Å²) in [5.41, 5.74) is 0.639. The minimum absolute atomic E-state index is 0.00792. The molecule has 0 N–H and O–H groups in total. The highest BCUT2D eigenvalue weighted by molar-refractivity contribution is 6.02. The lowest BCUT2D eigenvalue weighted by molar-refractivity contribution is -0.133. The Balaban J connectivity index is 1.50. The second-order valence-electron chi connectivity index (χ2n) is 6.09. The van der Waals surface area contributed by atoms with Gasteiger partial charge in [0.05, 0.1) is 12.2 Å². The van der Waals surface area contributed by atoms with E-state index >= 15 is 0 Å². The molecule has 0 saturated heterocycles. The van der Waals surface area contributed by atoms with Crippen LogP contribution in [-0.4, -0.2) is 51.2 Å². The summed E-state index contributed by atoms with van der Waals surface area (Å²) in [4.78, 5) is 28.2. The van der Waals surface area contributed by atoms with E-state index in [2.05, 4.69) is 14.8 Å². The van der Waals surface area contributed by atoms with Gasteiger partial charge in [-0.2, -0.15) is 0 Å². The smallest absolute Gasteiger partial charge is 0.265 e. The van der Waals surface area contributed by atoms with Gasteiger partial charge < -0.3 is 14.2 Å². The number of fused-ring (bicyclic) bond motifs is 2. The average Bonchev–Trinajstić information content (AvgIpc) is 3.06. The molecule has 0 aliphatic carbocycles. The fraction of sp³-hybridized carbons (Fsp3) is 0.412. The van der Waals surface area contributed by atoms with E-state index in [-0.39, 0.29) is 25.0 Å². The molecule has 8 heteroatoms. The highest BCUT2D eigenvalue weighted by Gasteiger charge is 2.30. The molecule has 2 amide bonds. The first-order chi connectivity index (χ1) is 12.2. The number of rotatable bonds is 3.